The van der Waals surface area contributed by atoms with Gasteiger partial charge in [0.15, 0.2) is 11.3 Å². The average molecular weight is 440 g/mol. The van der Waals surface area contributed by atoms with Crippen molar-refractivity contribution in [1.82, 2.24) is 19.5 Å². The highest BCUT2D eigenvalue weighted by Crippen LogP contribution is 2.31. The fourth-order valence-electron chi connectivity index (χ4n) is 3.40. The van der Waals surface area contributed by atoms with E-state index in [0.29, 0.717) is 29.9 Å². The summed E-state index contributed by atoms with van der Waals surface area (Å²) in [5.41, 5.74) is 3.37. The van der Waals surface area contributed by atoms with Crippen molar-refractivity contribution >= 4 is 28.6 Å². The number of aromatic nitrogens is 4. The van der Waals surface area contributed by atoms with Crippen LogP contribution in [0.25, 0.3) is 11.0 Å². The highest BCUT2D eigenvalue weighted by molar-refractivity contribution is 6.18. The van der Waals surface area contributed by atoms with Crippen molar-refractivity contribution in [2.24, 2.45) is 0 Å². The molecule has 2 aromatic heterocycles. The third kappa shape index (κ3) is 4.34. The van der Waals surface area contributed by atoms with Crippen LogP contribution < -0.4 is 19.1 Å². The number of hydrogen-bond acceptors (Lipinski definition) is 7. The molecule has 0 fully saturated rings. The maximum absolute atomic E-state index is 6.28. The average Bonchev–Trinajstić information content (AvgIpc) is 3.20. The van der Waals surface area contributed by atoms with Crippen molar-refractivity contribution in [3.8, 4) is 17.2 Å². The second-order valence-electron chi connectivity index (χ2n) is 6.83. The second kappa shape index (κ2) is 9.09. The Kier molecular flexibility index (Phi) is 6.08. The Morgan fingerprint density at radius 3 is 2.35 bits per heavy atom. The monoisotopic (exact) mass is 439 g/mol. The van der Waals surface area contributed by atoms with E-state index in [1.165, 1.54) is 4.20 Å². The summed E-state index contributed by atoms with van der Waals surface area (Å²) in [7, 11) is 4.92. The molecule has 0 N–H and O–H groups in total. The van der Waals surface area contributed by atoms with Crippen LogP contribution in [0.4, 0.5) is 5.82 Å². The van der Waals surface area contributed by atoms with E-state index < -0.39 is 0 Å². The normalized spacial score (nSPS) is 10.8. The van der Waals surface area contributed by atoms with Crippen LogP contribution in [0.5, 0.6) is 17.2 Å². The Hall–Kier alpha value is -3.52. The zero-order chi connectivity index (χ0) is 21.8. The molecule has 0 bridgehead atoms. The fraction of sp³-hybridized carbons (Fsp3) is 0.227. The standard InChI is InChI=1S/C22H22ClN5O3/c1-29-17-7-4-15(5-8-17)13-27(14-16-6-9-18(30-2)12-20(16)31-3)22-21-19(10-11-24-22)25-26-28(21)23/h4-12H,13-14H2,1-3H3. The topological polar surface area (TPSA) is 74.5 Å². The minimum absolute atomic E-state index is 0.521. The highest BCUT2D eigenvalue weighted by atomic mass is 35.5. The van der Waals surface area contributed by atoms with Crippen molar-refractivity contribution in [2.75, 3.05) is 26.2 Å². The number of anilines is 1. The van der Waals surface area contributed by atoms with Crippen LogP contribution in [0, 0.1) is 0 Å². The van der Waals surface area contributed by atoms with Crippen LogP contribution in [0.15, 0.2) is 54.7 Å². The third-order valence-corrected chi connectivity index (χ3v) is 5.22. The Morgan fingerprint density at radius 1 is 0.903 bits per heavy atom. The van der Waals surface area contributed by atoms with Gasteiger partial charge in [0.25, 0.3) is 0 Å². The fourth-order valence-corrected chi connectivity index (χ4v) is 3.60. The summed E-state index contributed by atoms with van der Waals surface area (Å²) in [6.45, 7) is 1.10. The number of rotatable bonds is 8. The van der Waals surface area contributed by atoms with Crippen LogP contribution in [0.2, 0.25) is 0 Å². The molecule has 0 atom stereocenters. The van der Waals surface area contributed by atoms with Crippen molar-refractivity contribution in [1.29, 1.82) is 0 Å². The molecule has 0 saturated heterocycles. The van der Waals surface area contributed by atoms with Gasteiger partial charge in [-0.3, -0.25) is 0 Å². The number of pyridine rings is 1. The third-order valence-electron chi connectivity index (χ3n) is 4.99. The lowest BCUT2D eigenvalue weighted by Crippen LogP contribution is -2.24. The van der Waals surface area contributed by atoms with Gasteiger partial charge in [-0.1, -0.05) is 12.1 Å². The number of benzene rings is 2. The molecule has 31 heavy (non-hydrogen) atoms. The minimum atomic E-state index is 0.521. The molecule has 0 saturated carbocycles. The molecule has 0 aliphatic rings. The first kappa shape index (κ1) is 20.7. The van der Waals surface area contributed by atoms with E-state index in [2.05, 4.69) is 20.2 Å². The number of nitrogens with zero attached hydrogens (tertiary/aromatic N) is 5. The molecular formula is C22H22ClN5O3. The molecule has 9 heteroatoms. The molecule has 0 amide bonds. The molecular weight excluding hydrogens is 418 g/mol. The molecule has 2 heterocycles. The van der Waals surface area contributed by atoms with Crippen LogP contribution in [-0.2, 0) is 13.1 Å². The number of fused-ring (bicyclic) bond motifs is 1. The molecule has 0 unspecified atom stereocenters. The molecule has 2 aromatic carbocycles. The molecule has 4 aromatic rings. The van der Waals surface area contributed by atoms with Gasteiger partial charge in [-0.15, -0.1) is 9.30 Å². The van der Waals surface area contributed by atoms with Crippen LogP contribution in [0.3, 0.4) is 0 Å². The van der Waals surface area contributed by atoms with Crippen molar-refractivity contribution in [2.45, 2.75) is 13.1 Å². The lowest BCUT2D eigenvalue weighted by atomic mass is 10.1. The summed E-state index contributed by atoms with van der Waals surface area (Å²) in [5, 5.41) is 8.05. The lowest BCUT2D eigenvalue weighted by molar-refractivity contribution is 0.390. The van der Waals surface area contributed by atoms with Gasteiger partial charge < -0.3 is 19.1 Å². The highest BCUT2D eigenvalue weighted by Gasteiger charge is 2.19. The Balaban J connectivity index is 1.76. The van der Waals surface area contributed by atoms with E-state index in [4.69, 9.17) is 26.0 Å². The Bertz CT molecular complexity index is 1180. The first-order chi connectivity index (χ1) is 15.1. The Morgan fingerprint density at radius 2 is 1.65 bits per heavy atom. The van der Waals surface area contributed by atoms with E-state index >= 15 is 0 Å². The molecule has 8 nitrogen and oxygen atoms in total. The van der Waals surface area contributed by atoms with Crippen molar-refractivity contribution in [3.63, 3.8) is 0 Å². The Labute approximate surface area is 185 Å². The van der Waals surface area contributed by atoms with E-state index in [-0.39, 0.29) is 0 Å². The number of hydrogen-bond donors (Lipinski definition) is 0. The number of ether oxygens (including phenoxy) is 3. The summed E-state index contributed by atoms with van der Waals surface area (Å²) < 4.78 is 17.4. The van der Waals surface area contributed by atoms with Crippen LogP contribution in [0.1, 0.15) is 11.1 Å². The van der Waals surface area contributed by atoms with Gasteiger partial charge in [-0.05, 0) is 41.1 Å². The smallest absolute Gasteiger partial charge is 0.158 e. The molecule has 0 aliphatic heterocycles. The largest absolute Gasteiger partial charge is 0.497 e. The molecule has 160 valence electrons. The summed E-state index contributed by atoms with van der Waals surface area (Å²) in [5.74, 6) is 2.93. The number of halogens is 1. The SMILES string of the molecule is COc1ccc(CN(Cc2ccc(OC)cc2OC)c2nccc3nnn(Cl)c23)cc1. The predicted molar refractivity (Wildman–Crippen MR) is 119 cm³/mol. The van der Waals surface area contributed by atoms with E-state index in [1.54, 1.807) is 33.6 Å². The maximum Gasteiger partial charge on any atom is 0.158 e. The summed E-state index contributed by atoms with van der Waals surface area (Å²) in [4.78, 5) is 6.71. The van der Waals surface area contributed by atoms with Crippen molar-refractivity contribution in [3.05, 3.63) is 65.9 Å². The zero-order valence-corrected chi connectivity index (χ0v) is 18.2. The van der Waals surface area contributed by atoms with E-state index in [0.717, 1.165) is 28.4 Å². The summed E-state index contributed by atoms with van der Waals surface area (Å²) >= 11 is 6.28. The van der Waals surface area contributed by atoms with E-state index in [1.807, 2.05) is 42.5 Å². The molecule has 0 spiro atoms. The molecule has 0 radical (unpaired) electrons. The van der Waals surface area contributed by atoms with Crippen LogP contribution >= 0.6 is 11.8 Å². The summed E-state index contributed by atoms with van der Waals surface area (Å²) in [6.07, 6.45) is 1.70. The molecule has 0 aliphatic carbocycles. The lowest BCUT2D eigenvalue weighted by Gasteiger charge is -2.25. The maximum atomic E-state index is 6.28. The molecule has 4 rings (SSSR count). The quantitative estimate of drug-likeness (QED) is 0.409. The first-order valence-corrected chi connectivity index (χ1v) is 9.92. The van der Waals surface area contributed by atoms with Gasteiger partial charge in [0.05, 0.1) is 21.3 Å². The predicted octanol–water partition coefficient (Wildman–Crippen LogP) is 4.06. The van der Waals surface area contributed by atoms with Gasteiger partial charge >= 0.3 is 0 Å². The number of methoxy groups -OCH3 is 3. The van der Waals surface area contributed by atoms with Crippen molar-refractivity contribution < 1.29 is 14.2 Å². The minimum Gasteiger partial charge on any atom is -0.497 e. The van der Waals surface area contributed by atoms with E-state index in [9.17, 15) is 0 Å². The van der Waals surface area contributed by atoms with Crippen LogP contribution in [-0.4, -0.2) is 40.8 Å². The summed E-state index contributed by atoms with van der Waals surface area (Å²) in [6, 6.07) is 15.4. The van der Waals surface area contributed by atoms with Gasteiger partial charge in [0, 0.05) is 42.7 Å². The van der Waals surface area contributed by atoms with Gasteiger partial charge in [-0.25, -0.2) is 4.98 Å². The van der Waals surface area contributed by atoms with Gasteiger partial charge in [-0.2, -0.15) is 0 Å². The van der Waals surface area contributed by atoms with Gasteiger partial charge in [0.1, 0.15) is 22.8 Å². The zero-order valence-electron chi connectivity index (χ0n) is 17.4. The first-order valence-electron chi connectivity index (χ1n) is 9.58. The van der Waals surface area contributed by atoms with Gasteiger partial charge in [0.2, 0.25) is 0 Å². The second-order valence-corrected chi connectivity index (χ2v) is 7.15.